The number of hydrogen-bond donors (Lipinski definition) is 0. The van der Waals surface area contributed by atoms with Crippen molar-refractivity contribution < 1.29 is 0 Å². The summed E-state index contributed by atoms with van der Waals surface area (Å²) in [5.41, 5.74) is 27.4. The highest BCUT2D eigenvalue weighted by Gasteiger charge is 2.49. The second kappa shape index (κ2) is 12.2. The standard InChI is InChI=1S/C66H35B2N5/c1-3-17-36(18-4-1)69-50-29-11-7-21-38(50)44-33-48-64-56(62(44)69)42-23-9-13-31-52(42)71(64)54-35-55-59-66-58(54)67(48)46-27-15-25-40-41-26-16-28-47(61(41)73(66)60(40)46)68(59)49-34-45-39-22-8-12-30-51(39)70(37-19-5-2-6-20-37)63(45)57-43-24-10-14-32-53(43)72(55)65(49)57/h1-35H. The van der Waals surface area contributed by atoms with Crippen molar-refractivity contribution in [1.29, 1.82) is 0 Å². The molecule has 0 amide bonds. The second-order valence-corrected chi connectivity index (χ2v) is 21.0. The average Bonchev–Trinajstić information content (AvgIpc) is 4.35. The fourth-order valence-electron chi connectivity index (χ4n) is 15.6. The van der Waals surface area contributed by atoms with Crippen LogP contribution in [0.15, 0.2) is 212 Å². The fraction of sp³-hybridized carbons (Fsp3) is 0. The minimum absolute atomic E-state index is 0.00490. The van der Waals surface area contributed by atoms with Gasteiger partial charge in [-0.15, -0.1) is 0 Å². The first kappa shape index (κ1) is 36.5. The van der Waals surface area contributed by atoms with Crippen LogP contribution < -0.4 is 32.8 Å². The Hall–Kier alpha value is -9.45. The quantitative estimate of drug-likeness (QED) is 0.154. The van der Waals surface area contributed by atoms with Gasteiger partial charge in [-0.3, -0.25) is 0 Å². The summed E-state index contributed by atoms with van der Waals surface area (Å²) in [6.07, 6.45) is 0. The van der Waals surface area contributed by atoms with Crippen molar-refractivity contribution in [2.75, 3.05) is 0 Å². The summed E-state index contributed by atoms with van der Waals surface area (Å²) in [5.74, 6) is 0. The zero-order chi connectivity index (χ0) is 46.7. The van der Waals surface area contributed by atoms with Crippen LogP contribution in [-0.4, -0.2) is 36.3 Å². The molecule has 0 spiro atoms. The van der Waals surface area contributed by atoms with Crippen LogP contribution in [0.5, 0.6) is 0 Å². The van der Waals surface area contributed by atoms with E-state index in [4.69, 9.17) is 0 Å². The molecule has 5 aromatic heterocycles. The maximum Gasteiger partial charge on any atom is 0.252 e. The average molecular weight is 920 g/mol. The van der Waals surface area contributed by atoms with Crippen LogP contribution in [0.1, 0.15) is 0 Å². The molecule has 16 aromatic rings. The van der Waals surface area contributed by atoms with E-state index in [1.54, 1.807) is 0 Å². The Labute approximate surface area is 416 Å². The molecule has 4 aliphatic heterocycles. The third kappa shape index (κ3) is 3.90. The highest BCUT2D eigenvalue weighted by atomic mass is 15.1. The molecule has 0 radical (unpaired) electrons. The van der Waals surface area contributed by atoms with Crippen molar-refractivity contribution in [2.24, 2.45) is 0 Å². The van der Waals surface area contributed by atoms with Crippen molar-refractivity contribution in [2.45, 2.75) is 0 Å². The summed E-state index contributed by atoms with van der Waals surface area (Å²) in [6.45, 7) is -0.00979. The Bertz CT molecular complexity index is 5010. The first-order valence-corrected chi connectivity index (χ1v) is 25.7. The molecular formula is C66H35B2N5. The van der Waals surface area contributed by atoms with Crippen molar-refractivity contribution >= 4 is 155 Å². The maximum atomic E-state index is 2.74. The monoisotopic (exact) mass is 919 g/mol. The maximum absolute atomic E-state index is 2.74. The highest BCUT2D eigenvalue weighted by molar-refractivity contribution is 7.04. The number of hydrogen-bond acceptors (Lipinski definition) is 0. The van der Waals surface area contributed by atoms with E-state index in [1.165, 1.54) is 170 Å². The molecule has 9 heterocycles. The molecule has 11 aromatic carbocycles. The Morgan fingerprint density at radius 1 is 0.247 bits per heavy atom. The van der Waals surface area contributed by atoms with E-state index in [0.29, 0.717) is 0 Å². The zero-order valence-electron chi connectivity index (χ0n) is 39.1. The van der Waals surface area contributed by atoms with Crippen molar-refractivity contribution in [3.63, 3.8) is 0 Å². The van der Waals surface area contributed by atoms with Gasteiger partial charge in [-0.2, -0.15) is 0 Å². The van der Waals surface area contributed by atoms with Crippen LogP contribution in [-0.2, 0) is 0 Å². The van der Waals surface area contributed by atoms with E-state index in [1.807, 2.05) is 0 Å². The van der Waals surface area contributed by atoms with E-state index in [-0.39, 0.29) is 13.4 Å². The highest BCUT2D eigenvalue weighted by Crippen LogP contribution is 2.48. The first-order chi connectivity index (χ1) is 36.3. The molecule has 0 atom stereocenters. The minimum Gasteiger partial charge on any atom is -0.311 e. The Balaban J connectivity index is 1.04. The van der Waals surface area contributed by atoms with Gasteiger partial charge in [-0.1, -0.05) is 158 Å². The van der Waals surface area contributed by atoms with E-state index < -0.39 is 0 Å². The Kier molecular flexibility index (Phi) is 6.08. The van der Waals surface area contributed by atoms with Gasteiger partial charge in [0, 0.05) is 93.3 Å². The predicted octanol–water partition coefficient (Wildman–Crippen LogP) is 11.5. The number of fused-ring (bicyclic) bond motifs is 21. The lowest BCUT2D eigenvalue weighted by Crippen LogP contribution is -2.66. The molecule has 0 saturated carbocycles. The van der Waals surface area contributed by atoms with Crippen molar-refractivity contribution in [3.8, 4) is 28.4 Å². The zero-order valence-corrected chi connectivity index (χ0v) is 39.1. The van der Waals surface area contributed by atoms with Crippen LogP contribution >= 0.6 is 0 Å². The molecule has 7 heteroatoms. The number of rotatable bonds is 2. The van der Waals surface area contributed by atoms with Gasteiger partial charge in [0.25, 0.3) is 13.4 Å². The van der Waals surface area contributed by atoms with E-state index in [2.05, 4.69) is 235 Å². The molecule has 330 valence electrons. The molecule has 0 unspecified atom stereocenters. The van der Waals surface area contributed by atoms with Gasteiger partial charge in [0.15, 0.2) is 0 Å². The van der Waals surface area contributed by atoms with Crippen LogP contribution in [0, 0.1) is 0 Å². The van der Waals surface area contributed by atoms with Gasteiger partial charge < -0.3 is 22.8 Å². The van der Waals surface area contributed by atoms with Crippen LogP contribution in [0.3, 0.4) is 0 Å². The summed E-state index contributed by atoms with van der Waals surface area (Å²) in [6, 6.07) is 80.8. The molecule has 0 N–H and O–H groups in total. The fourth-order valence-corrected chi connectivity index (χ4v) is 15.6. The van der Waals surface area contributed by atoms with Gasteiger partial charge in [-0.05, 0) is 87.4 Å². The molecule has 0 bridgehead atoms. The van der Waals surface area contributed by atoms with Gasteiger partial charge in [-0.25, -0.2) is 0 Å². The molecular weight excluding hydrogens is 884 g/mol. The van der Waals surface area contributed by atoms with Gasteiger partial charge in [0.1, 0.15) is 0 Å². The molecule has 0 fully saturated rings. The van der Waals surface area contributed by atoms with Crippen LogP contribution in [0.4, 0.5) is 0 Å². The molecule has 73 heavy (non-hydrogen) atoms. The summed E-state index contributed by atoms with van der Waals surface area (Å²) in [5, 5.41) is 13.0. The lowest BCUT2D eigenvalue weighted by atomic mass is 9.30. The third-order valence-electron chi connectivity index (χ3n) is 18.0. The van der Waals surface area contributed by atoms with E-state index in [9.17, 15) is 0 Å². The van der Waals surface area contributed by atoms with Gasteiger partial charge in [0.2, 0.25) is 0 Å². The number of para-hydroxylation sites is 8. The van der Waals surface area contributed by atoms with Crippen molar-refractivity contribution in [1.82, 2.24) is 22.8 Å². The van der Waals surface area contributed by atoms with E-state index in [0.717, 1.165) is 0 Å². The molecule has 5 nitrogen and oxygen atoms in total. The normalized spacial score (nSPS) is 13.7. The largest absolute Gasteiger partial charge is 0.311 e. The third-order valence-corrected chi connectivity index (χ3v) is 18.0. The number of nitrogens with zero attached hydrogens (tertiary/aromatic N) is 5. The van der Waals surface area contributed by atoms with Crippen LogP contribution in [0.2, 0.25) is 0 Å². The van der Waals surface area contributed by atoms with Crippen molar-refractivity contribution in [3.05, 3.63) is 212 Å². The number of aromatic nitrogens is 5. The second-order valence-electron chi connectivity index (χ2n) is 21.0. The summed E-state index contributed by atoms with van der Waals surface area (Å²) < 4.78 is 13.2. The lowest BCUT2D eigenvalue weighted by Gasteiger charge is -2.41. The minimum atomic E-state index is -0.00490. The summed E-state index contributed by atoms with van der Waals surface area (Å²) in [7, 11) is 0. The summed E-state index contributed by atoms with van der Waals surface area (Å²) >= 11 is 0. The lowest BCUT2D eigenvalue weighted by molar-refractivity contribution is 1.11. The molecule has 20 rings (SSSR count). The van der Waals surface area contributed by atoms with Gasteiger partial charge in [0.05, 0.1) is 44.1 Å². The SMILES string of the molecule is c1ccc(-n2c3ccccc3c3cc4c5c(c6ccccc6n5-c5cc6c7c8c5B4c4cccc5c9cccc(c9n-8c45)B7c4cc5c7ccccc7n(-c7ccccc7)c5c5c7ccccc7n-6c45)c32)cc1. The summed E-state index contributed by atoms with van der Waals surface area (Å²) in [4.78, 5) is 0. The Morgan fingerprint density at radius 2 is 0.630 bits per heavy atom. The van der Waals surface area contributed by atoms with E-state index >= 15 is 0 Å². The first-order valence-electron chi connectivity index (χ1n) is 25.7. The number of benzene rings is 11. The van der Waals surface area contributed by atoms with Crippen LogP contribution in [0.25, 0.3) is 137 Å². The predicted molar refractivity (Wildman–Crippen MR) is 307 cm³/mol. The molecule has 4 aliphatic rings. The molecule has 0 saturated heterocycles. The molecule has 0 aliphatic carbocycles. The smallest absolute Gasteiger partial charge is 0.252 e. The van der Waals surface area contributed by atoms with Gasteiger partial charge >= 0.3 is 0 Å². The topological polar surface area (TPSA) is 24.6 Å². The Morgan fingerprint density at radius 3 is 1.08 bits per heavy atom.